The number of nitrogens with zero attached hydrogens (tertiary/aromatic N) is 3. The summed E-state index contributed by atoms with van der Waals surface area (Å²) in [6.45, 7) is 0.523. The number of hydrogen-bond acceptors (Lipinski definition) is 3. The molecule has 5 heteroatoms. The molecule has 0 saturated heterocycles. The minimum absolute atomic E-state index is 0.0788. The molecule has 0 N–H and O–H groups in total. The zero-order valence-electron chi connectivity index (χ0n) is 12.5. The number of hydrogen-bond donors (Lipinski definition) is 0. The number of halogens is 1. The summed E-state index contributed by atoms with van der Waals surface area (Å²) in [5, 5.41) is 0.649. The monoisotopic (exact) mass is 313 g/mol. The standard InChI is InChI=1S/C17H16ClN3O/c1-20(2)11-21-15-6-4-3-5-14(15)16(17(21)22)19-13-9-7-12(18)8-10-13/h3-10H,11H2,1-2H3. The van der Waals surface area contributed by atoms with Crippen molar-refractivity contribution in [3.63, 3.8) is 0 Å². The van der Waals surface area contributed by atoms with Crippen molar-refractivity contribution in [1.29, 1.82) is 0 Å². The van der Waals surface area contributed by atoms with E-state index in [1.54, 1.807) is 29.2 Å². The van der Waals surface area contributed by atoms with Crippen molar-refractivity contribution in [2.45, 2.75) is 0 Å². The molecule has 0 fully saturated rings. The molecule has 22 heavy (non-hydrogen) atoms. The number of fused-ring (bicyclic) bond motifs is 1. The van der Waals surface area contributed by atoms with E-state index in [0.717, 1.165) is 11.3 Å². The molecular formula is C17H16ClN3O. The first-order valence-electron chi connectivity index (χ1n) is 6.96. The maximum Gasteiger partial charge on any atom is 0.278 e. The average Bonchev–Trinajstić information content (AvgIpc) is 2.75. The largest absolute Gasteiger partial charge is 0.293 e. The van der Waals surface area contributed by atoms with Gasteiger partial charge < -0.3 is 0 Å². The predicted molar refractivity (Wildman–Crippen MR) is 90.1 cm³/mol. The molecule has 0 aliphatic carbocycles. The Morgan fingerprint density at radius 2 is 1.77 bits per heavy atom. The summed E-state index contributed by atoms with van der Waals surface area (Å²) in [5.41, 5.74) is 2.95. The summed E-state index contributed by atoms with van der Waals surface area (Å²) in [5.74, 6) is -0.0788. The van der Waals surface area contributed by atoms with Gasteiger partial charge in [0.2, 0.25) is 0 Å². The Morgan fingerprint density at radius 3 is 2.45 bits per heavy atom. The smallest absolute Gasteiger partial charge is 0.278 e. The zero-order chi connectivity index (χ0) is 15.7. The van der Waals surface area contributed by atoms with Crippen molar-refractivity contribution in [3.8, 4) is 0 Å². The van der Waals surface area contributed by atoms with Crippen LogP contribution in [0.5, 0.6) is 0 Å². The highest BCUT2D eigenvalue weighted by atomic mass is 35.5. The summed E-state index contributed by atoms with van der Waals surface area (Å²) in [4.78, 5) is 20.9. The average molecular weight is 314 g/mol. The van der Waals surface area contributed by atoms with Crippen LogP contribution in [0.2, 0.25) is 5.02 Å². The number of aliphatic imine (C=N–C) groups is 1. The van der Waals surface area contributed by atoms with Gasteiger partial charge in [-0.2, -0.15) is 0 Å². The van der Waals surface area contributed by atoms with Crippen molar-refractivity contribution in [2.24, 2.45) is 4.99 Å². The number of amides is 1. The van der Waals surface area contributed by atoms with E-state index < -0.39 is 0 Å². The fourth-order valence-electron chi connectivity index (χ4n) is 2.44. The highest BCUT2D eigenvalue weighted by Gasteiger charge is 2.33. The third-order valence-electron chi connectivity index (χ3n) is 3.39. The lowest BCUT2D eigenvalue weighted by Crippen LogP contribution is -2.37. The number of benzene rings is 2. The summed E-state index contributed by atoms with van der Waals surface area (Å²) in [7, 11) is 3.87. The van der Waals surface area contributed by atoms with Gasteiger partial charge in [0.05, 0.1) is 18.0 Å². The Hall–Kier alpha value is -2.17. The Kier molecular flexibility index (Phi) is 3.96. The molecule has 2 aromatic carbocycles. The van der Waals surface area contributed by atoms with Gasteiger partial charge in [0.15, 0.2) is 0 Å². The molecule has 3 rings (SSSR count). The lowest BCUT2D eigenvalue weighted by atomic mass is 10.1. The first-order valence-corrected chi connectivity index (χ1v) is 7.34. The van der Waals surface area contributed by atoms with Gasteiger partial charge in [0.25, 0.3) is 5.91 Å². The van der Waals surface area contributed by atoms with E-state index >= 15 is 0 Å². The normalized spacial score (nSPS) is 15.7. The molecule has 0 aromatic heterocycles. The van der Waals surface area contributed by atoms with E-state index in [2.05, 4.69) is 4.99 Å². The summed E-state index contributed by atoms with van der Waals surface area (Å²) < 4.78 is 0. The Bertz CT molecular complexity index is 738. The summed E-state index contributed by atoms with van der Waals surface area (Å²) in [6.07, 6.45) is 0. The van der Waals surface area contributed by atoms with Crippen LogP contribution >= 0.6 is 11.6 Å². The van der Waals surface area contributed by atoms with Crippen molar-refractivity contribution >= 4 is 34.6 Å². The van der Waals surface area contributed by atoms with Crippen LogP contribution in [0.4, 0.5) is 11.4 Å². The molecule has 0 unspecified atom stereocenters. The van der Waals surface area contributed by atoms with Gasteiger partial charge in [0, 0.05) is 10.6 Å². The third-order valence-corrected chi connectivity index (χ3v) is 3.64. The molecule has 0 spiro atoms. The fourth-order valence-corrected chi connectivity index (χ4v) is 2.56. The molecule has 112 valence electrons. The first kappa shape index (κ1) is 14.8. The predicted octanol–water partition coefficient (Wildman–Crippen LogP) is 3.33. The molecule has 0 bridgehead atoms. The second kappa shape index (κ2) is 5.91. The van der Waals surface area contributed by atoms with Crippen LogP contribution in [0.25, 0.3) is 0 Å². The van der Waals surface area contributed by atoms with E-state index in [4.69, 9.17) is 11.6 Å². The molecule has 1 aliphatic rings. The molecule has 0 atom stereocenters. The SMILES string of the molecule is CN(C)CN1C(=O)C(=Nc2ccc(Cl)cc2)c2ccccc21. The maximum absolute atomic E-state index is 12.7. The Labute approximate surface area is 134 Å². The second-order valence-electron chi connectivity index (χ2n) is 5.41. The van der Waals surface area contributed by atoms with E-state index in [0.29, 0.717) is 23.1 Å². The van der Waals surface area contributed by atoms with Crippen molar-refractivity contribution in [2.75, 3.05) is 25.7 Å². The van der Waals surface area contributed by atoms with E-state index in [1.807, 2.05) is 43.3 Å². The van der Waals surface area contributed by atoms with Gasteiger partial charge in [-0.05, 0) is 44.4 Å². The number of rotatable bonds is 3. The lowest BCUT2D eigenvalue weighted by Gasteiger charge is -2.21. The molecule has 0 radical (unpaired) electrons. The van der Waals surface area contributed by atoms with Crippen molar-refractivity contribution in [1.82, 2.24) is 4.90 Å². The van der Waals surface area contributed by atoms with Crippen LogP contribution in [0.1, 0.15) is 5.56 Å². The summed E-state index contributed by atoms with van der Waals surface area (Å²) in [6, 6.07) is 14.9. The first-order chi connectivity index (χ1) is 10.6. The van der Waals surface area contributed by atoms with Crippen molar-refractivity contribution in [3.05, 3.63) is 59.1 Å². The van der Waals surface area contributed by atoms with Crippen LogP contribution in [0.15, 0.2) is 53.5 Å². The quantitative estimate of drug-likeness (QED) is 0.871. The number of carbonyl (C=O) groups excluding carboxylic acids is 1. The van der Waals surface area contributed by atoms with Crippen LogP contribution in [0, 0.1) is 0 Å². The zero-order valence-corrected chi connectivity index (χ0v) is 13.2. The highest BCUT2D eigenvalue weighted by molar-refractivity contribution is 6.54. The van der Waals surface area contributed by atoms with Crippen LogP contribution in [0.3, 0.4) is 0 Å². The Balaban J connectivity index is 2.05. The van der Waals surface area contributed by atoms with Gasteiger partial charge in [-0.15, -0.1) is 0 Å². The van der Waals surface area contributed by atoms with Gasteiger partial charge in [0.1, 0.15) is 5.71 Å². The van der Waals surface area contributed by atoms with Gasteiger partial charge in [-0.25, -0.2) is 4.99 Å². The van der Waals surface area contributed by atoms with Crippen molar-refractivity contribution < 1.29 is 4.79 Å². The Morgan fingerprint density at radius 1 is 1.09 bits per heavy atom. The molecule has 0 saturated carbocycles. The lowest BCUT2D eigenvalue weighted by molar-refractivity contribution is -0.112. The molecule has 1 heterocycles. The van der Waals surface area contributed by atoms with Crippen LogP contribution in [-0.4, -0.2) is 37.3 Å². The van der Waals surface area contributed by atoms with Gasteiger partial charge in [-0.1, -0.05) is 29.8 Å². The van der Waals surface area contributed by atoms with E-state index in [1.165, 1.54) is 0 Å². The second-order valence-corrected chi connectivity index (χ2v) is 5.84. The minimum atomic E-state index is -0.0788. The number of para-hydroxylation sites is 1. The van der Waals surface area contributed by atoms with Gasteiger partial charge in [-0.3, -0.25) is 14.6 Å². The molecule has 2 aromatic rings. The third kappa shape index (κ3) is 2.75. The molecule has 1 aliphatic heterocycles. The number of carbonyl (C=O) groups is 1. The molecule has 1 amide bonds. The fraction of sp³-hybridized carbons (Fsp3) is 0.176. The summed E-state index contributed by atoms with van der Waals surface area (Å²) >= 11 is 5.89. The van der Waals surface area contributed by atoms with E-state index in [9.17, 15) is 4.79 Å². The molecule has 4 nitrogen and oxygen atoms in total. The molecular weight excluding hydrogens is 298 g/mol. The minimum Gasteiger partial charge on any atom is -0.293 e. The van der Waals surface area contributed by atoms with E-state index in [-0.39, 0.29) is 5.91 Å². The highest BCUT2D eigenvalue weighted by Crippen LogP contribution is 2.30. The maximum atomic E-state index is 12.7. The van der Waals surface area contributed by atoms with Crippen LogP contribution < -0.4 is 4.90 Å². The number of anilines is 1. The topological polar surface area (TPSA) is 35.9 Å². The van der Waals surface area contributed by atoms with Crippen LogP contribution in [-0.2, 0) is 4.79 Å². The van der Waals surface area contributed by atoms with Gasteiger partial charge >= 0.3 is 0 Å².